The summed E-state index contributed by atoms with van der Waals surface area (Å²) in [5, 5.41) is 9.28. The van der Waals surface area contributed by atoms with Gasteiger partial charge in [-0.05, 0) is 17.6 Å². The fraction of sp³-hybridized carbons (Fsp3) is 0.375. The van der Waals surface area contributed by atoms with Crippen molar-refractivity contribution in [1.82, 2.24) is 4.90 Å². The molecule has 2 rings (SSSR count). The van der Waals surface area contributed by atoms with E-state index in [4.69, 9.17) is 4.74 Å². The Labute approximate surface area is 119 Å². The second kappa shape index (κ2) is 6.88. The number of rotatable bonds is 4. The van der Waals surface area contributed by atoms with E-state index in [1.807, 2.05) is 36.4 Å². The van der Waals surface area contributed by atoms with Gasteiger partial charge in [-0.25, -0.2) is 0 Å². The zero-order chi connectivity index (χ0) is 14.4. The van der Waals surface area contributed by atoms with E-state index >= 15 is 0 Å². The average Bonchev–Trinajstić information content (AvgIpc) is 2.50. The zero-order valence-corrected chi connectivity index (χ0v) is 11.6. The highest BCUT2D eigenvalue weighted by Gasteiger charge is 2.26. The van der Waals surface area contributed by atoms with Gasteiger partial charge < -0.3 is 9.64 Å². The highest BCUT2D eigenvalue weighted by atomic mass is 16.5. The van der Waals surface area contributed by atoms with Gasteiger partial charge >= 0.3 is 0 Å². The van der Waals surface area contributed by atoms with Crippen LogP contribution in [0.25, 0.3) is 0 Å². The summed E-state index contributed by atoms with van der Waals surface area (Å²) in [6.07, 6.45) is 2.83. The second-order valence-electron chi connectivity index (χ2n) is 4.80. The molecule has 1 aromatic rings. The minimum Gasteiger partial charge on any atom is -0.380 e. The van der Waals surface area contributed by atoms with Crippen LogP contribution in [0.1, 0.15) is 17.9 Å². The molecule has 0 saturated heterocycles. The summed E-state index contributed by atoms with van der Waals surface area (Å²) in [5.74, 6) is -0.833. The van der Waals surface area contributed by atoms with Gasteiger partial charge in [-0.1, -0.05) is 36.4 Å². The Morgan fingerprint density at radius 3 is 2.75 bits per heavy atom. The van der Waals surface area contributed by atoms with Crippen LogP contribution in [0.15, 0.2) is 42.0 Å². The smallest absolute Gasteiger partial charge is 0.244 e. The van der Waals surface area contributed by atoms with E-state index < -0.39 is 5.92 Å². The third kappa shape index (κ3) is 3.25. The molecule has 104 valence electrons. The van der Waals surface area contributed by atoms with Crippen molar-refractivity contribution < 1.29 is 9.53 Å². The highest BCUT2D eigenvalue weighted by molar-refractivity contribution is 5.86. The van der Waals surface area contributed by atoms with Crippen molar-refractivity contribution in [3.05, 3.63) is 47.5 Å². The predicted molar refractivity (Wildman–Crippen MR) is 76.0 cm³/mol. The molecule has 0 spiro atoms. The Hall–Kier alpha value is -2.12. The number of hydrogen-bond acceptors (Lipinski definition) is 3. The van der Waals surface area contributed by atoms with E-state index in [0.29, 0.717) is 19.7 Å². The largest absolute Gasteiger partial charge is 0.380 e. The number of benzene rings is 1. The summed E-state index contributed by atoms with van der Waals surface area (Å²) in [5.41, 5.74) is 1.97. The van der Waals surface area contributed by atoms with Gasteiger partial charge in [-0.15, -0.1) is 0 Å². The Morgan fingerprint density at radius 1 is 1.45 bits per heavy atom. The maximum absolute atomic E-state index is 12.4. The number of carbonyl (C=O) groups is 1. The quantitative estimate of drug-likeness (QED) is 0.787. The number of carbonyl (C=O) groups excluding carboxylic acids is 1. The number of nitrogens with zero attached hydrogens (tertiary/aromatic N) is 2. The van der Waals surface area contributed by atoms with Gasteiger partial charge in [0.2, 0.25) is 5.91 Å². The molecule has 0 aliphatic carbocycles. The first-order chi connectivity index (χ1) is 9.76. The predicted octanol–water partition coefficient (Wildman–Crippen LogP) is 2.10. The molecule has 0 radical (unpaired) electrons. The highest BCUT2D eigenvalue weighted by Crippen LogP contribution is 2.20. The van der Waals surface area contributed by atoms with Crippen molar-refractivity contribution in [2.75, 3.05) is 26.8 Å². The van der Waals surface area contributed by atoms with Crippen molar-refractivity contribution in [2.45, 2.75) is 12.3 Å². The van der Waals surface area contributed by atoms with E-state index in [9.17, 15) is 10.1 Å². The minimum absolute atomic E-state index is 0.119. The fourth-order valence-electron chi connectivity index (χ4n) is 2.33. The zero-order valence-electron chi connectivity index (χ0n) is 11.6. The van der Waals surface area contributed by atoms with Gasteiger partial charge in [-0.2, -0.15) is 5.26 Å². The van der Waals surface area contributed by atoms with E-state index in [2.05, 4.69) is 6.07 Å². The van der Waals surface area contributed by atoms with Crippen molar-refractivity contribution in [3.8, 4) is 6.07 Å². The molecule has 1 amide bonds. The second-order valence-corrected chi connectivity index (χ2v) is 4.80. The van der Waals surface area contributed by atoms with Crippen LogP contribution in [0.3, 0.4) is 0 Å². The molecule has 0 fully saturated rings. The van der Waals surface area contributed by atoms with Gasteiger partial charge in [0, 0.05) is 20.2 Å². The number of amides is 1. The number of hydrogen-bond donors (Lipinski definition) is 0. The van der Waals surface area contributed by atoms with Crippen molar-refractivity contribution in [1.29, 1.82) is 5.26 Å². The Balaban J connectivity index is 2.06. The monoisotopic (exact) mass is 270 g/mol. The molecule has 0 N–H and O–H groups in total. The first kappa shape index (κ1) is 14.3. The molecular weight excluding hydrogens is 252 g/mol. The van der Waals surface area contributed by atoms with Crippen LogP contribution in [0.2, 0.25) is 0 Å². The standard InChI is InChI=1S/C16H18N2O2/c1-20-12-13-7-9-18(10-8-13)16(19)15(11-17)14-5-3-2-4-6-14/h2-7,15H,8-10,12H2,1H3. The van der Waals surface area contributed by atoms with Crippen LogP contribution in [0.5, 0.6) is 0 Å². The molecule has 4 heteroatoms. The maximum atomic E-state index is 12.4. The van der Waals surface area contributed by atoms with Crippen molar-refractivity contribution >= 4 is 5.91 Å². The lowest BCUT2D eigenvalue weighted by Gasteiger charge is -2.28. The summed E-state index contributed by atoms with van der Waals surface area (Å²) < 4.78 is 5.09. The van der Waals surface area contributed by atoms with Crippen LogP contribution in [0, 0.1) is 11.3 Å². The normalized spacial score (nSPS) is 16.2. The lowest BCUT2D eigenvalue weighted by molar-refractivity contribution is -0.131. The molecule has 4 nitrogen and oxygen atoms in total. The van der Waals surface area contributed by atoms with E-state index in [0.717, 1.165) is 12.0 Å². The summed E-state index contributed by atoms with van der Waals surface area (Å²) in [4.78, 5) is 14.2. The van der Waals surface area contributed by atoms with Crippen molar-refractivity contribution in [3.63, 3.8) is 0 Å². The number of ether oxygens (including phenoxy) is 1. The molecule has 1 unspecified atom stereocenters. The van der Waals surface area contributed by atoms with Gasteiger partial charge in [0.25, 0.3) is 0 Å². The molecule has 20 heavy (non-hydrogen) atoms. The van der Waals surface area contributed by atoms with Crippen LogP contribution >= 0.6 is 0 Å². The molecule has 0 bridgehead atoms. The molecule has 1 aliphatic rings. The lowest BCUT2D eigenvalue weighted by Crippen LogP contribution is -2.38. The van der Waals surface area contributed by atoms with Gasteiger partial charge in [0.15, 0.2) is 0 Å². The van der Waals surface area contributed by atoms with Crippen LogP contribution in [-0.4, -0.2) is 37.6 Å². The molecule has 0 saturated carbocycles. The molecule has 1 aliphatic heterocycles. The molecule has 1 aromatic carbocycles. The Bertz CT molecular complexity index is 531. The number of methoxy groups -OCH3 is 1. The van der Waals surface area contributed by atoms with Gasteiger partial charge in [0.05, 0.1) is 12.7 Å². The van der Waals surface area contributed by atoms with E-state index in [1.165, 1.54) is 5.57 Å². The SMILES string of the molecule is COCC1=CCN(C(=O)C(C#N)c2ccccc2)CC1. The van der Waals surface area contributed by atoms with Crippen molar-refractivity contribution in [2.24, 2.45) is 0 Å². The summed E-state index contributed by atoms with van der Waals surface area (Å²) >= 11 is 0. The molecule has 1 heterocycles. The first-order valence-electron chi connectivity index (χ1n) is 6.66. The molecule has 0 aromatic heterocycles. The summed E-state index contributed by atoms with van der Waals surface area (Å²) in [6.45, 7) is 1.82. The fourth-order valence-corrected chi connectivity index (χ4v) is 2.33. The van der Waals surface area contributed by atoms with Crippen LogP contribution in [0.4, 0.5) is 0 Å². The maximum Gasteiger partial charge on any atom is 0.244 e. The number of nitriles is 1. The minimum atomic E-state index is -0.714. The molecular formula is C16H18N2O2. The lowest BCUT2D eigenvalue weighted by atomic mass is 9.98. The third-order valence-electron chi connectivity index (χ3n) is 3.45. The van der Waals surface area contributed by atoms with E-state index in [1.54, 1.807) is 12.0 Å². The van der Waals surface area contributed by atoms with E-state index in [-0.39, 0.29) is 5.91 Å². The molecule has 1 atom stereocenters. The average molecular weight is 270 g/mol. The third-order valence-corrected chi connectivity index (χ3v) is 3.45. The van der Waals surface area contributed by atoms with Crippen LogP contribution < -0.4 is 0 Å². The topological polar surface area (TPSA) is 53.3 Å². The first-order valence-corrected chi connectivity index (χ1v) is 6.66. The Kier molecular flexibility index (Phi) is 4.91. The summed E-state index contributed by atoms with van der Waals surface area (Å²) in [6, 6.07) is 11.3. The van der Waals surface area contributed by atoms with Crippen LogP contribution in [-0.2, 0) is 9.53 Å². The van der Waals surface area contributed by atoms with Gasteiger partial charge in [-0.3, -0.25) is 4.79 Å². The Morgan fingerprint density at radius 2 is 2.20 bits per heavy atom. The van der Waals surface area contributed by atoms with Gasteiger partial charge in [0.1, 0.15) is 5.92 Å². The summed E-state index contributed by atoms with van der Waals surface area (Å²) in [7, 11) is 1.67.